The molecule has 1 amide bonds. The maximum Gasteiger partial charge on any atom is 0.261 e. The van der Waals surface area contributed by atoms with Crippen molar-refractivity contribution in [3.8, 4) is 11.3 Å². The lowest BCUT2D eigenvalue weighted by molar-refractivity contribution is 0.102. The van der Waals surface area contributed by atoms with E-state index in [0.29, 0.717) is 28.5 Å². The second kappa shape index (κ2) is 9.02. The molecule has 0 aliphatic heterocycles. The number of hydrogen-bond donors (Lipinski definition) is 1. The Balaban J connectivity index is 1.92. The first-order valence-electron chi connectivity index (χ1n) is 9.93. The quantitative estimate of drug-likeness (QED) is 0.438. The molecule has 0 aliphatic carbocycles. The number of aryl methyl sites for hydroxylation is 1. The van der Waals surface area contributed by atoms with Gasteiger partial charge in [0.2, 0.25) is 0 Å². The Morgan fingerprint density at radius 2 is 1.58 bits per heavy atom. The van der Waals surface area contributed by atoms with Crippen LogP contribution in [-0.2, 0) is 6.54 Å². The Kier molecular flexibility index (Phi) is 6.01. The minimum absolute atomic E-state index is 0.0904. The van der Waals surface area contributed by atoms with E-state index in [2.05, 4.69) is 5.32 Å². The van der Waals surface area contributed by atoms with Crippen LogP contribution in [0.1, 0.15) is 21.6 Å². The number of rotatable bonds is 5. The summed E-state index contributed by atoms with van der Waals surface area (Å²) in [5, 5.41) is 3.38. The molecule has 0 radical (unpaired) electrons. The van der Waals surface area contributed by atoms with Crippen molar-refractivity contribution in [3.63, 3.8) is 0 Å². The third-order valence-electron chi connectivity index (χ3n) is 5.06. The molecule has 0 spiro atoms. The average Bonchev–Trinajstić information content (AvgIpc) is 2.76. The summed E-state index contributed by atoms with van der Waals surface area (Å²) >= 11 is 6.26. The van der Waals surface area contributed by atoms with Gasteiger partial charge in [0.15, 0.2) is 5.43 Å². The van der Waals surface area contributed by atoms with Gasteiger partial charge in [0, 0.05) is 34.6 Å². The lowest BCUT2D eigenvalue weighted by Crippen LogP contribution is -2.27. The zero-order valence-electron chi connectivity index (χ0n) is 17.0. The largest absolute Gasteiger partial charge is 0.340 e. The zero-order chi connectivity index (χ0) is 21.8. The lowest BCUT2D eigenvalue weighted by atomic mass is 10.0. The number of carbonyl (C=O) groups excluding carboxylic acids is 1. The molecule has 1 aromatic heterocycles. The Hall–Kier alpha value is -3.63. The van der Waals surface area contributed by atoms with Gasteiger partial charge < -0.3 is 9.88 Å². The van der Waals surface area contributed by atoms with E-state index in [1.807, 2.05) is 72.2 Å². The number of anilines is 1. The molecule has 4 rings (SSSR count). The highest BCUT2D eigenvalue weighted by atomic mass is 35.5. The molecule has 0 unspecified atom stereocenters. The summed E-state index contributed by atoms with van der Waals surface area (Å²) in [4.78, 5) is 26.3. The molecule has 0 saturated carbocycles. The van der Waals surface area contributed by atoms with Crippen molar-refractivity contribution in [2.45, 2.75) is 13.5 Å². The van der Waals surface area contributed by atoms with E-state index in [9.17, 15) is 9.59 Å². The highest BCUT2D eigenvalue weighted by molar-refractivity contribution is 6.30. The minimum Gasteiger partial charge on any atom is -0.340 e. The molecule has 5 heteroatoms. The van der Waals surface area contributed by atoms with Gasteiger partial charge in [-0.2, -0.15) is 0 Å². The molecule has 0 bridgehead atoms. The Bertz CT molecular complexity index is 1280. The first kappa shape index (κ1) is 20.6. The van der Waals surface area contributed by atoms with Crippen molar-refractivity contribution in [2.24, 2.45) is 0 Å². The molecular formula is C26H21ClN2O2. The van der Waals surface area contributed by atoms with Gasteiger partial charge >= 0.3 is 0 Å². The normalized spacial score (nSPS) is 10.6. The summed E-state index contributed by atoms with van der Waals surface area (Å²) in [5.41, 5.74) is 3.47. The fourth-order valence-electron chi connectivity index (χ4n) is 3.61. The number of aromatic nitrogens is 1. The van der Waals surface area contributed by atoms with Crippen molar-refractivity contribution >= 4 is 23.2 Å². The number of pyridine rings is 1. The highest BCUT2D eigenvalue weighted by Crippen LogP contribution is 2.27. The predicted molar refractivity (Wildman–Crippen MR) is 126 cm³/mol. The second-order valence-electron chi connectivity index (χ2n) is 7.28. The smallest absolute Gasteiger partial charge is 0.261 e. The molecule has 154 valence electrons. The molecule has 3 aromatic carbocycles. The van der Waals surface area contributed by atoms with Gasteiger partial charge in [-0.25, -0.2) is 0 Å². The first-order chi connectivity index (χ1) is 15.0. The molecule has 1 heterocycles. The standard InChI is InChI=1S/C26H21ClN2O2/c1-18-15-23(30)24(26(31)28-22-13-6-3-7-14-22)25(20-11-8-12-21(27)16-20)29(18)17-19-9-4-2-5-10-19/h2-16H,17H2,1H3,(H,28,31). The summed E-state index contributed by atoms with van der Waals surface area (Å²) in [6.07, 6.45) is 0. The molecule has 1 N–H and O–H groups in total. The number of nitrogens with one attached hydrogen (secondary N) is 1. The van der Waals surface area contributed by atoms with E-state index >= 15 is 0 Å². The monoisotopic (exact) mass is 428 g/mol. The lowest BCUT2D eigenvalue weighted by Gasteiger charge is -2.21. The van der Waals surface area contributed by atoms with Gasteiger partial charge in [-0.15, -0.1) is 0 Å². The maximum absolute atomic E-state index is 13.3. The van der Waals surface area contributed by atoms with Crippen LogP contribution in [0.5, 0.6) is 0 Å². The zero-order valence-corrected chi connectivity index (χ0v) is 17.8. The first-order valence-corrected chi connectivity index (χ1v) is 10.3. The molecule has 31 heavy (non-hydrogen) atoms. The van der Waals surface area contributed by atoms with Gasteiger partial charge in [-0.3, -0.25) is 9.59 Å². The number of halogens is 1. The van der Waals surface area contributed by atoms with Crippen LogP contribution in [0.4, 0.5) is 5.69 Å². The van der Waals surface area contributed by atoms with Crippen molar-refractivity contribution in [1.82, 2.24) is 4.57 Å². The minimum atomic E-state index is -0.451. The van der Waals surface area contributed by atoms with E-state index in [4.69, 9.17) is 11.6 Å². The average molecular weight is 429 g/mol. The number of amides is 1. The van der Waals surface area contributed by atoms with Crippen LogP contribution in [0.25, 0.3) is 11.3 Å². The van der Waals surface area contributed by atoms with Gasteiger partial charge in [-0.05, 0) is 36.8 Å². The Morgan fingerprint density at radius 1 is 0.903 bits per heavy atom. The van der Waals surface area contributed by atoms with Crippen molar-refractivity contribution in [1.29, 1.82) is 0 Å². The highest BCUT2D eigenvalue weighted by Gasteiger charge is 2.22. The van der Waals surface area contributed by atoms with Crippen molar-refractivity contribution < 1.29 is 4.79 Å². The fourth-order valence-corrected chi connectivity index (χ4v) is 3.80. The number of para-hydroxylation sites is 1. The van der Waals surface area contributed by atoms with Crippen LogP contribution < -0.4 is 10.7 Å². The second-order valence-corrected chi connectivity index (χ2v) is 7.71. The van der Waals surface area contributed by atoms with Gasteiger partial charge in [0.1, 0.15) is 5.56 Å². The Morgan fingerprint density at radius 3 is 2.26 bits per heavy atom. The van der Waals surface area contributed by atoms with E-state index in [-0.39, 0.29) is 11.0 Å². The number of nitrogens with zero attached hydrogens (tertiary/aromatic N) is 1. The topological polar surface area (TPSA) is 51.1 Å². The number of carbonyl (C=O) groups is 1. The van der Waals surface area contributed by atoms with E-state index in [1.54, 1.807) is 24.3 Å². The third kappa shape index (κ3) is 4.60. The van der Waals surface area contributed by atoms with Crippen molar-refractivity contribution in [3.05, 3.63) is 123 Å². The molecule has 4 nitrogen and oxygen atoms in total. The Labute approximate surface area is 185 Å². The van der Waals surface area contributed by atoms with Crippen LogP contribution in [0.3, 0.4) is 0 Å². The van der Waals surface area contributed by atoms with Crippen LogP contribution in [0.15, 0.2) is 95.8 Å². The van der Waals surface area contributed by atoms with E-state index in [0.717, 1.165) is 11.3 Å². The summed E-state index contributed by atoms with van der Waals surface area (Å²) in [6, 6.07) is 27.8. The van der Waals surface area contributed by atoms with Gasteiger partial charge in [0.25, 0.3) is 5.91 Å². The van der Waals surface area contributed by atoms with Gasteiger partial charge in [0.05, 0.1) is 5.69 Å². The maximum atomic E-state index is 13.3. The SMILES string of the molecule is Cc1cc(=O)c(C(=O)Nc2ccccc2)c(-c2cccc(Cl)c2)n1Cc1ccccc1. The van der Waals surface area contributed by atoms with Crippen LogP contribution in [-0.4, -0.2) is 10.5 Å². The molecule has 0 atom stereocenters. The molecular weight excluding hydrogens is 408 g/mol. The number of hydrogen-bond acceptors (Lipinski definition) is 2. The van der Waals surface area contributed by atoms with E-state index in [1.165, 1.54) is 6.07 Å². The molecule has 4 aromatic rings. The molecule has 0 aliphatic rings. The summed E-state index contributed by atoms with van der Waals surface area (Å²) in [5.74, 6) is -0.451. The summed E-state index contributed by atoms with van der Waals surface area (Å²) in [6.45, 7) is 2.39. The van der Waals surface area contributed by atoms with Crippen LogP contribution in [0, 0.1) is 6.92 Å². The summed E-state index contributed by atoms with van der Waals surface area (Å²) in [7, 11) is 0. The third-order valence-corrected chi connectivity index (χ3v) is 5.29. The van der Waals surface area contributed by atoms with Crippen molar-refractivity contribution in [2.75, 3.05) is 5.32 Å². The van der Waals surface area contributed by atoms with E-state index < -0.39 is 5.91 Å². The fraction of sp³-hybridized carbons (Fsp3) is 0.0769. The van der Waals surface area contributed by atoms with Gasteiger partial charge in [-0.1, -0.05) is 72.3 Å². The predicted octanol–water partition coefficient (Wildman–Crippen LogP) is 5.78. The molecule has 0 fully saturated rings. The molecule has 0 saturated heterocycles. The van der Waals surface area contributed by atoms with Crippen LogP contribution >= 0.6 is 11.6 Å². The summed E-state index contributed by atoms with van der Waals surface area (Å²) < 4.78 is 1.99. The number of benzene rings is 3. The van der Waals surface area contributed by atoms with Crippen LogP contribution in [0.2, 0.25) is 5.02 Å².